The summed E-state index contributed by atoms with van der Waals surface area (Å²) in [5, 5.41) is 0. The number of benzene rings is 1. The predicted octanol–water partition coefficient (Wildman–Crippen LogP) is 3.41. The average Bonchev–Trinajstić information content (AvgIpc) is 2.92. The molecule has 0 fully saturated rings. The average molecular weight is 262 g/mol. The highest BCUT2D eigenvalue weighted by Gasteiger charge is 2.07. The Morgan fingerprint density at radius 2 is 1.75 bits per heavy atom. The lowest BCUT2D eigenvalue weighted by Crippen LogP contribution is -2.01. The number of aldehydes is 1. The highest BCUT2D eigenvalue weighted by Crippen LogP contribution is 2.21. The second-order valence-corrected chi connectivity index (χ2v) is 4.62. The van der Waals surface area contributed by atoms with Gasteiger partial charge in [-0.25, -0.2) is 0 Å². The molecule has 1 aromatic carbocycles. The molecular weight excluding hydrogens is 248 g/mol. The zero-order valence-corrected chi connectivity index (χ0v) is 10.9. The van der Waals surface area contributed by atoms with Crippen LogP contribution in [0, 0.1) is 0 Å². The number of rotatable bonds is 4. The van der Waals surface area contributed by atoms with Crippen molar-refractivity contribution in [2.45, 2.75) is 6.54 Å². The lowest BCUT2D eigenvalue weighted by Gasteiger charge is -2.05. The van der Waals surface area contributed by atoms with E-state index in [2.05, 4.69) is 17.1 Å². The molecule has 0 amide bonds. The van der Waals surface area contributed by atoms with E-state index in [0.29, 0.717) is 12.2 Å². The zero-order chi connectivity index (χ0) is 13.8. The molecule has 2 heterocycles. The van der Waals surface area contributed by atoms with Crippen LogP contribution in [0.4, 0.5) is 0 Å². The molecule has 0 unspecified atom stereocenters. The molecule has 0 bridgehead atoms. The summed E-state index contributed by atoms with van der Waals surface area (Å²) in [6.45, 7) is 0.694. The maximum absolute atomic E-state index is 11.2. The number of hydrogen-bond acceptors (Lipinski definition) is 2. The van der Waals surface area contributed by atoms with Crippen LogP contribution in [0.1, 0.15) is 16.1 Å². The van der Waals surface area contributed by atoms with E-state index in [4.69, 9.17) is 0 Å². The standard InChI is InChI=1S/C17H14N2O/c20-13-17-10-16(15-6-8-18-9-7-15)12-19(17)11-14-4-2-1-3-5-14/h1-10,12-13H,11H2. The van der Waals surface area contributed by atoms with Gasteiger partial charge in [0.15, 0.2) is 6.29 Å². The van der Waals surface area contributed by atoms with Crippen molar-refractivity contribution in [1.29, 1.82) is 0 Å². The van der Waals surface area contributed by atoms with E-state index in [1.807, 2.05) is 47.2 Å². The van der Waals surface area contributed by atoms with Gasteiger partial charge in [-0.2, -0.15) is 0 Å². The maximum atomic E-state index is 11.2. The molecule has 0 radical (unpaired) electrons. The Morgan fingerprint density at radius 3 is 2.45 bits per heavy atom. The Bertz CT molecular complexity index is 702. The molecule has 0 N–H and O–H groups in total. The Labute approximate surface area is 117 Å². The Kier molecular flexibility index (Phi) is 3.42. The van der Waals surface area contributed by atoms with Crippen LogP contribution >= 0.6 is 0 Å². The number of hydrogen-bond donors (Lipinski definition) is 0. The van der Waals surface area contributed by atoms with Crippen LogP contribution < -0.4 is 0 Å². The quantitative estimate of drug-likeness (QED) is 0.675. The van der Waals surface area contributed by atoms with Crippen LogP contribution in [-0.4, -0.2) is 15.8 Å². The molecule has 0 atom stereocenters. The van der Waals surface area contributed by atoms with Crippen molar-refractivity contribution in [3.05, 3.63) is 78.4 Å². The van der Waals surface area contributed by atoms with Crippen LogP contribution in [-0.2, 0) is 6.54 Å². The monoisotopic (exact) mass is 262 g/mol. The highest BCUT2D eigenvalue weighted by molar-refractivity contribution is 5.77. The third-order valence-electron chi connectivity index (χ3n) is 3.26. The first-order valence-corrected chi connectivity index (χ1v) is 6.46. The molecule has 0 saturated carbocycles. The molecule has 98 valence electrons. The maximum Gasteiger partial charge on any atom is 0.166 e. The third kappa shape index (κ3) is 2.52. The lowest BCUT2D eigenvalue weighted by molar-refractivity contribution is 0.111. The summed E-state index contributed by atoms with van der Waals surface area (Å²) in [7, 11) is 0. The van der Waals surface area contributed by atoms with Gasteiger partial charge in [0.1, 0.15) is 0 Å². The van der Waals surface area contributed by atoms with Crippen molar-refractivity contribution in [1.82, 2.24) is 9.55 Å². The van der Waals surface area contributed by atoms with E-state index < -0.39 is 0 Å². The van der Waals surface area contributed by atoms with E-state index in [9.17, 15) is 4.79 Å². The van der Waals surface area contributed by atoms with Crippen molar-refractivity contribution in [2.75, 3.05) is 0 Å². The summed E-state index contributed by atoms with van der Waals surface area (Å²) in [5.74, 6) is 0. The second kappa shape index (κ2) is 5.53. The molecule has 3 heteroatoms. The van der Waals surface area contributed by atoms with Gasteiger partial charge in [-0.05, 0) is 29.3 Å². The molecule has 20 heavy (non-hydrogen) atoms. The molecule has 3 aromatic rings. The molecule has 0 saturated heterocycles. The van der Waals surface area contributed by atoms with E-state index in [1.54, 1.807) is 12.4 Å². The summed E-state index contributed by atoms with van der Waals surface area (Å²) in [6.07, 6.45) is 6.41. The smallest absolute Gasteiger partial charge is 0.166 e. The van der Waals surface area contributed by atoms with E-state index in [0.717, 1.165) is 17.4 Å². The minimum atomic E-state index is 0.681. The summed E-state index contributed by atoms with van der Waals surface area (Å²) >= 11 is 0. The molecule has 0 aliphatic heterocycles. The van der Waals surface area contributed by atoms with Crippen molar-refractivity contribution in [3.63, 3.8) is 0 Å². The van der Waals surface area contributed by atoms with Crippen LogP contribution in [0.5, 0.6) is 0 Å². The minimum Gasteiger partial charge on any atom is -0.340 e. The van der Waals surface area contributed by atoms with Crippen LogP contribution in [0.25, 0.3) is 11.1 Å². The zero-order valence-electron chi connectivity index (χ0n) is 10.9. The molecule has 3 nitrogen and oxygen atoms in total. The minimum absolute atomic E-state index is 0.681. The van der Waals surface area contributed by atoms with Gasteiger partial charge in [0.25, 0.3) is 0 Å². The fourth-order valence-corrected chi connectivity index (χ4v) is 2.24. The molecule has 3 rings (SSSR count). The van der Waals surface area contributed by atoms with Crippen LogP contribution in [0.3, 0.4) is 0 Å². The van der Waals surface area contributed by atoms with Gasteiger partial charge in [0.2, 0.25) is 0 Å². The van der Waals surface area contributed by atoms with Gasteiger partial charge in [-0.1, -0.05) is 30.3 Å². The Hall–Kier alpha value is -2.68. The van der Waals surface area contributed by atoms with Crippen molar-refractivity contribution in [3.8, 4) is 11.1 Å². The van der Waals surface area contributed by atoms with E-state index in [1.165, 1.54) is 5.56 Å². The molecule has 0 aliphatic rings. The fourth-order valence-electron chi connectivity index (χ4n) is 2.24. The first-order chi connectivity index (χ1) is 9.86. The Morgan fingerprint density at radius 1 is 1.00 bits per heavy atom. The molecular formula is C17H14N2O. The lowest BCUT2D eigenvalue weighted by atomic mass is 10.1. The van der Waals surface area contributed by atoms with Gasteiger partial charge >= 0.3 is 0 Å². The number of aromatic nitrogens is 2. The normalized spacial score (nSPS) is 10.4. The summed E-state index contributed by atoms with van der Waals surface area (Å²) < 4.78 is 1.97. The summed E-state index contributed by atoms with van der Waals surface area (Å²) in [6, 6.07) is 15.9. The summed E-state index contributed by atoms with van der Waals surface area (Å²) in [5.41, 5.74) is 3.95. The van der Waals surface area contributed by atoms with Gasteiger partial charge in [-0.3, -0.25) is 9.78 Å². The number of pyridine rings is 1. The number of carbonyl (C=O) groups excluding carboxylic acids is 1. The van der Waals surface area contributed by atoms with Crippen LogP contribution in [0.15, 0.2) is 67.1 Å². The number of carbonyl (C=O) groups is 1. The van der Waals surface area contributed by atoms with Crippen LogP contribution in [0.2, 0.25) is 0 Å². The van der Waals surface area contributed by atoms with E-state index >= 15 is 0 Å². The van der Waals surface area contributed by atoms with Gasteiger partial charge in [0.05, 0.1) is 5.69 Å². The predicted molar refractivity (Wildman–Crippen MR) is 78.6 cm³/mol. The van der Waals surface area contributed by atoms with Gasteiger partial charge in [-0.15, -0.1) is 0 Å². The first kappa shape index (κ1) is 12.4. The summed E-state index contributed by atoms with van der Waals surface area (Å²) in [4.78, 5) is 15.2. The molecule has 2 aromatic heterocycles. The van der Waals surface area contributed by atoms with Gasteiger partial charge in [0, 0.05) is 30.7 Å². The number of nitrogens with zero attached hydrogens (tertiary/aromatic N) is 2. The van der Waals surface area contributed by atoms with Crippen molar-refractivity contribution < 1.29 is 4.79 Å². The SMILES string of the molecule is O=Cc1cc(-c2ccncc2)cn1Cc1ccccc1. The van der Waals surface area contributed by atoms with E-state index in [-0.39, 0.29) is 0 Å². The topological polar surface area (TPSA) is 34.9 Å². The molecule has 0 spiro atoms. The highest BCUT2D eigenvalue weighted by atomic mass is 16.1. The Balaban J connectivity index is 1.95. The second-order valence-electron chi connectivity index (χ2n) is 4.62. The largest absolute Gasteiger partial charge is 0.340 e. The third-order valence-corrected chi connectivity index (χ3v) is 3.26. The fraction of sp³-hybridized carbons (Fsp3) is 0.0588. The first-order valence-electron chi connectivity index (χ1n) is 6.46. The van der Waals surface area contributed by atoms with Crippen molar-refractivity contribution in [2.24, 2.45) is 0 Å². The molecule has 0 aliphatic carbocycles. The van der Waals surface area contributed by atoms with Gasteiger partial charge < -0.3 is 4.57 Å². The van der Waals surface area contributed by atoms with Crippen molar-refractivity contribution >= 4 is 6.29 Å².